The van der Waals surface area contributed by atoms with Crippen LogP contribution in [0.15, 0.2) is 22.7 Å². The van der Waals surface area contributed by atoms with Gasteiger partial charge in [0, 0.05) is 24.7 Å². The summed E-state index contributed by atoms with van der Waals surface area (Å²) < 4.78 is 0.218. The van der Waals surface area contributed by atoms with Crippen molar-refractivity contribution in [1.82, 2.24) is 10.2 Å². The maximum absolute atomic E-state index is 12.2. The molecular formula is C14H18BrN3O3. The second-order valence-corrected chi connectivity index (χ2v) is 6.14. The summed E-state index contributed by atoms with van der Waals surface area (Å²) in [6, 6.07) is 5.31. The predicted molar refractivity (Wildman–Crippen MR) is 83.4 cm³/mol. The largest absolute Gasteiger partial charge is 0.350 e. The van der Waals surface area contributed by atoms with Crippen LogP contribution in [0.2, 0.25) is 0 Å². The summed E-state index contributed by atoms with van der Waals surface area (Å²) in [5, 5.41) is 13.7. The number of rotatable bonds is 6. The van der Waals surface area contributed by atoms with Crippen LogP contribution in [0.5, 0.6) is 0 Å². The molecule has 21 heavy (non-hydrogen) atoms. The minimum absolute atomic E-state index is 0.106. The molecule has 0 radical (unpaired) electrons. The van der Waals surface area contributed by atoms with Crippen LogP contribution < -0.4 is 5.32 Å². The minimum atomic E-state index is -0.510. The number of hydrogen-bond donors (Lipinski definition) is 1. The Morgan fingerprint density at radius 1 is 1.57 bits per heavy atom. The normalized spacial score (nSPS) is 15.8. The van der Waals surface area contributed by atoms with Crippen molar-refractivity contribution in [2.24, 2.45) is 0 Å². The summed E-state index contributed by atoms with van der Waals surface area (Å²) >= 11 is 3.14. The molecule has 1 aromatic carbocycles. The van der Waals surface area contributed by atoms with Crippen LogP contribution in [-0.4, -0.2) is 41.4 Å². The molecule has 1 N–H and O–H groups in total. The smallest absolute Gasteiger partial charge is 0.284 e. The number of likely N-dealkylation sites (N-methyl/N-ethyl adjacent to an activating group) is 1. The van der Waals surface area contributed by atoms with E-state index < -0.39 is 4.92 Å². The number of amides is 1. The Kier molecular flexibility index (Phi) is 4.95. The van der Waals surface area contributed by atoms with Gasteiger partial charge in [-0.1, -0.05) is 6.07 Å². The highest BCUT2D eigenvalue weighted by Gasteiger charge is 2.29. The third kappa shape index (κ3) is 3.79. The van der Waals surface area contributed by atoms with Gasteiger partial charge < -0.3 is 5.32 Å². The summed E-state index contributed by atoms with van der Waals surface area (Å²) in [6.45, 7) is 2.57. The number of nitro benzene ring substituents is 1. The molecule has 0 aromatic heterocycles. The first-order valence-electron chi connectivity index (χ1n) is 6.85. The first-order valence-corrected chi connectivity index (χ1v) is 7.64. The highest BCUT2D eigenvalue weighted by molar-refractivity contribution is 9.10. The number of carbonyl (C=O) groups excluding carboxylic acids is 1. The average molecular weight is 356 g/mol. The maximum atomic E-state index is 12.2. The molecule has 1 aliphatic carbocycles. The molecule has 1 amide bonds. The van der Waals surface area contributed by atoms with E-state index in [4.69, 9.17) is 0 Å². The summed E-state index contributed by atoms with van der Waals surface area (Å²) in [5.41, 5.74) is 0.177. The zero-order valence-corrected chi connectivity index (χ0v) is 13.6. The van der Waals surface area contributed by atoms with Gasteiger partial charge in [0.25, 0.3) is 11.6 Å². The molecule has 1 fully saturated rings. The van der Waals surface area contributed by atoms with Gasteiger partial charge in [-0.05, 0) is 48.8 Å². The number of benzene rings is 1. The second-order valence-electron chi connectivity index (χ2n) is 5.35. The van der Waals surface area contributed by atoms with Crippen LogP contribution in [0.25, 0.3) is 0 Å². The Labute approximate surface area is 131 Å². The first kappa shape index (κ1) is 15.9. The van der Waals surface area contributed by atoms with Crippen LogP contribution in [0.1, 0.15) is 30.1 Å². The van der Waals surface area contributed by atoms with Crippen molar-refractivity contribution in [3.05, 3.63) is 38.3 Å². The van der Waals surface area contributed by atoms with E-state index in [-0.39, 0.29) is 27.7 Å². The number of halogens is 1. The molecule has 1 aromatic rings. The van der Waals surface area contributed by atoms with Crippen molar-refractivity contribution >= 4 is 27.5 Å². The molecule has 0 bridgehead atoms. The zero-order chi connectivity index (χ0) is 15.6. The minimum Gasteiger partial charge on any atom is -0.350 e. The Bertz CT molecular complexity index is 560. The van der Waals surface area contributed by atoms with Crippen LogP contribution in [-0.2, 0) is 0 Å². The van der Waals surface area contributed by atoms with Crippen molar-refractivity contribution in [2.45, 2.75) is 31.8 Å². The van der Waals surface area contributed by atoms with Crippen molar-refractivity contribution in [2.75, 3.05) is 13.6 Å². The van der Waals surface area contributed by atoms with E-state index in [1.807, 2.05) is 0 Å². The van der Waals surface area contributed by atoms with Gasteiger partial charge in [0.2, 0.25) is 0 Å². The molecule has 1 aliphatic rings. The highest BCUT2D eigenvalue weighted by Crippen LogP contribution is 2.28. The fraction of sp³-hybridized carbons (Fsp3) is 0.500. The summed E-state index contributed by atoms with van der Waals surface area (Å²) in [7, 11) is 2.05. The standard InChI is InChI=1S/C14H18BrN3O3/c1-9(17(2)10-6-7-10)8-16-14(19)11-4-3-5-12(13(11)15)18(20)21/h3-5,9-10H,6-8H2,1-2H3,(H,16,19). The van der Waals surface area contributed by atoms with Gasteiger partial charge in [-0.15, -0.1) is 0 Å². The monoisotopic (exact) mass is 355 g/mol. The van der Waals surface area contributed by atoms with Crippen LogP contribution in [0.3, 0.4) is 0 Å². The lowest BCUT2D eigenvalue weighted by Crippen LogP contribution is -2.41. The molecule has 1 atom stereocenters. The molecule has 2 rings (SSSR count). The topological polar surface area (TPSA) is 75.5 Å². The maximum Gasteiger partial charge on any atom is 0.284 e. The fourth-order valence-corrected chi connectivity index (χ4v) is 2.75. The van der Waals surface area contributed by atoms with Crippen molar-refractivity contribution in [1.29, 1.82) is 0 Å². The van der Waals surface area contributed by atoms with Crippen LogP contribution >= 0.6 is 15.9 Å². The predicted octanol–water partition coefficient (Wildman–Crippen LogP) is 2.57. The van der Waals surface area contributed by atoms with E-state index in [1.165, 1.54) is 25.0 Å². The van der Waals surface area contributed by atoms with Gasteiger partial charge in [-0.25, -0.2) is 0 Å². The molecule has 6 nitrogen and oxygen atoms in total. The van der Waals surface area contributed by atoms with Crippen LogP contribution in [0.4, 0.5) is 5.69 Å². The lowest BCUT2D eigenvalue weighted by molar-refractivity contribution is -0.385. The molecule has 0 spiro atoms. The van der Waals surface area contributed by atoms with Gasteiger partial charge in [0.05, 0.1) is 10.5 Å². The number of nitrogens with zero attached hydrogens (tertiary/aromatic N) is 2. The summed E-state index contributed by atoms with van der Waals surface area (Å²) in [6.07, 6.45) is 2.43. The molecule has 0 aliphatic heterocycles. The molecule has 1 unspecified atom stereocenters. The van der Waals surface area contributed by atoms with E-state index in [0.29, 0.717) is 12.6 Å². The lowest BCUT2D eigenvalue weighted by atomic mass is 10.2. The van der Waals surface area contributed by atoms with Gasteiger partial charge in [0.1, 0.15) is 4.47 Å². The molecular weight excluding hydrogens is 338 g/mol. The zero-order valence-electron chi connectivity index (χ0n) is 12.0. The van der Waals surface area contributed by atoms with Crippen molar-refractivity contribution < 1.29 is 9.72 Å². The highest BCUT2D eigenvalue weighted by atomic mass is 79.9. The van der Waals surface area contributed by atoms with Gasteiger partial charge >= 0.3 is 0 Å². The number of carbonyl (C=O) groups is 1. The molecule has 1 saturated carbocycles. The van der Waals surface area contributed by atoms with Crippen molar-refractivity contribution in [3.63, 3.8) is 0 Å². The SMILES string of the molecule is CC(CNC(=O)c1cccc([N+](=O)[O-])c1Br)N(C)C1CC1. The van der Waals surface area contributed by atoms with Gasteiger partial charge in [-0.3, -0.25) is 19.8 Å². The second kappa shape index (κ2) is 6.53. The third-order valence-electron chi connectivity index (χ3n) is 3.80. The van der Waals surface area contributed by atoms with Gasteiger partial charge in [0.15, 0.2) is 0 Å². The first-order chi connectivity index (χ1) is 9.91. The Morgan fingerprint density at radius 2 is 2.24 bits per heavy atom. The number of nitrogens with one attached hydrogen (secondary N) is 1. The summed E-state index contributed by atoms with van der Waals surface area (Å²) in [5.74, 6) is -0.304. The van der Waals surface area contributed by atoms with Gasteiger partial charge in [-0.2, -0.15) is 0 Å². The van der Waals surface area contributed by atoms with E-state index in [9.17, 15) is 14.9 Å². The average Bonchev–Trinajstić information content (AvgIpc) is 3.28. The number of hydrogen-bond acceptors (Lipinski definition) is 4. The van der Waals surface area contributed by atoms with E-state index >= 15 is 0 Å². The fourth-order valence-electron chi connectivity index (χ4n) is 2.16. The molecule has 7 heteroatoms. The number of nitro groups is 1. The Balaban J connectivity index is 2.00. The van der Waals surface area contributed by atoms with E-state index in [2.05, 4.69) is 40.1 Å². The Hall–Kier alpha value is -1.47. The van der Waals surface area contributed by atoms with E-state index in [0.717, 1.165) is 0 Å². The van der Waals surface area contributed by atoms with Crippen molar-refractivity contribution in [3.8, 4) is 0 Å². The molecule has 0 heterocycles. The third-order valence-corrected chi connectivity index (χ3v) is 4.63. The lowest BCUT2D eigenvalue weighted by Gasteiger charge is -2.24. The molecule has 0 saturated heterocycles. The molecule has 114 valence electrons. The summed E-state index contributed by atoms with van der Waals surface area (Å²) in [4.78, 5) is 24.8. The van der Waals surface area contributed by atoms with E-state index in [1.54, 1.807) is 6.07 Å². The Morgan fingerprint density at radius 3 is 2.81 bits per heavy atom. The quantitative estimate of drug-likeness (QED) is 0.628. The van der Waals surface area contributed by atoms with Crippen LogP contribution in [0, 0.1) is 10.1 Å².